The number of hydrogen-bond donors (Lipinski definition) is 1. The molecular formula is C20H22F3NO. The molecule has 0 fully saturated rings. The van der Waals surface area contributed by atoms with Gasteiger partial charge >= 0.3 is 6.18 Å². The van der Waals surface area contributed by atoms with E-state index < -0.39 is 17.2 Å². The number of benzene rings is 2. The Morgan fingerprint density at radius 3 is 2.28 bits per heavy atom. The highest BCUT2D eigenvalue weighted by Crippen LogP contribution is 2.32. The molecule has 2 aromatic carbocycles. The summed E-state index contributed by atoms with van der Waals surface area (Å²) < 4.78 is 38.6. The lowest BCUT2D eigenvalue weighted by atomic mass is 9.83. The van der Waals surface area contributed by atoms with Crippen molar-refractivity contribution in [1.82, 2.24) is 5.32 Å². The van der Waals surface area contributed by atoms with E-state index in [4.69, 9.17) is 0 Å². The number of carbonyl (C=O) groups excluding carboxylic acids is 1. The van der Waals surface area contributed by atoms with E-state index in [1.807, 2.05) is 45.0 Å². The van der Waals surface area contributed by atoms with Crippen molar-refractivity contribution in [1.29, 1.82) is 0 Å². The molecule has 0 aliphatic carbocycles. The largest absolute Gasteiger partial charge is 0.416 e. The van der Waals surface area contributed by atoms with E-state index in [9.17, 15) is 18.0 Å². The summed E-state index contributed by atoms with van der Waals surface area (Å²) in [5.74, 6) is -0.144. The van der Waals surface area contributed by atoms with E-state index in [1.54, 1.807) is 6.07 Å². The maximum absolute atomic E-state index is 12.9. The Morgan fingerprint density at radius 1 is 1.00 bits per heavy atom. The average molecular weight is 349 g/mol. The number of alkyl halides is 3. The van der Waals surface area contributed by atoms with Crippen LogP contribution in [0.5, 0.6) is 0 Å². The second kappa shape index (κ2) is 7.30. The number of aryl methyl sites for hydroxylation is 1. The summed E-state index contributed by atoms with van der Waals surface area (Å²) in [6.45, 7) is 5.83. The zero-order valence-electron chi connectivity index (χ0n) is 14.6. The molecule has 0 saturated heterocycles. The van der Waals surface area contributed by atoms with Gasteiger partial charge in [-0.15, -0.1) is 0 Å². The van der Waals surface area contributed by atoms with Gasteiger partial charge in [-0.2, -0.15) is 13.2 Å². The number of nitrogens with one attached hydrogen (secondary N) is 1. The minimum atomic E-state index is -4.37. The van der Waals surface area contributed by atoms with Gasteiger partial charge in [-0.3, -0.25) is 4.79 Å². The standard InChI is InChI=1S/C20H22F3NO/c1-14-7-4-5-8-15(14)11-18(25)24-13-19(2,3)16-9-6-10-17(12-16)20(21,22)23/h4-10,12H,11,13H2,1-3H3,(H,24,25). The topological polar surface area (TPSA) is 29.1 Å². The lowest BCUT2D eigenvalue weighted by molar-refractivity contribution is -0.137. The molecule has 134 valence electrons. The van der Waals surface area contributed by atoms with E-state index in [1.165, 1.54) is 6.07 Å². The highest BCUT2D eigenvalue weighted by Gasteiger charge is 2.32. The van der Waals surface area contributed by atoms with Gasteiger partial charge in [0, 0.05) is 12.0 Å². The van der Waals surface area contributed by atoms with Crippen LogP contribution in [0.1, 0.15) is 36.1 Å². The Kier molecular flexibility index (Phi) is 5.55. The third kappa shape index (κ3) is 5.08. The first-order valence-corrected chi connectivity index (χ1v) is 8.08. The molecule has 2 rings (SSSR count). The highest BCUT2D eigenvalue weighted by atomic mass is 19.4. The third-order valence-electron chi connectivity index (χ3n) is 4.31. The van der Waals surface area contributed by atoms with Crippen LogP contribution in [-0.4, -0.2) is 12.5 Å². The Bertz CT molecular complexity index is 751. The van der Waals surface area contributed by atoms with Crippen LogP contribution in [0.2, 0.25) is 0 Å². The van der Waals surface area contributed by atoms with Crippen molar-refractivity contribution in [2.24, 2.45) is 0 Å². The molecule has 1 amide bonds. The van der Waals surface area contributed by atoms with Crippen LogP contribution in [-0.2, 0) is 22.8 Å². The number of amides is 1. The molecule has 2 aromatic rings. The van der Waals surface area contributed by atoms with Crippen molar-refractivity contribution in [3.63, 3.8) is 0 Å². The number of halogens is 3. The predicted molar refractivity (Wildman–Crippen MR) is 92.4 cm³/mol. The van der Waals surface area contributed by atoms with E-state index in [2.05, 4.69) is 5.32 Å². The normalized spacial score (nSPS) is 12.1. The first-order valence-electron chi connectivity index (χ1n) is 8.08. The maximum Gasteiger partial charge on any atom is 0.416 e. The van der Waals surface area contributed by atoms with E-state index in [-0.39, 0.29) is 18.9 Å². The smallest absolute Gasteiger partial charge is 0.355 e. The van der Waals surface area contributed by atoms with Crippen LogP contribution in [0.4, 0.5) is 13.2 Å². The summed E-state index contributed by atoms with van der Waals surface area (Å²) in [7, 11) is 0. The molecule has 0 spiro atoms. The summed E-state index contributed by atoms with van der Waals surface area (Å²) in [6, 6.07) is 12.9. The molecular weight excluding hydrogens is 327 g/mol. The van der Waals surface area contributed by atoms with Crippen molar-refractivity contribution >= 4 is 5.91 Å². The molecule has 25 heavy (non-hydrogen) atoms. The van der Waals surface area contributed by atoms with Gasteiger partial charge in [0.25, 0.3) is 0 Å². The Labute approximate surface area is 146 Å². The molecule has 5 heteroatoms. The van der Waals surface area contributed by atoms with Crippen molar-refractivity contribution in [3.05, 3.63) is 70.8 Å². The van der Waals surface area contributed by atoms with Gasteiger partial charge in [-0.05, 0) is 29.7 Å². The summed E-state index contributed by atoms with van der Waals surface area (Å²) in [6.07, 6.45) is -4.12. The number of rotatable bonds is 5. The first kappa shape index (κ1) is 19.0. The highest BCUT2D eigenvalue weighted by molar-refractivity contribution is 5.79. The van der Waals surface area contributed by atoms with Crippen LogP contribution in [0, 0.1) is 6.92 Å². The second-order valence-electron chi connectivity index (χ2n) is 6.84. The lowest BCUT2D eigenvalue weighted by Crippen LogP contribution is -2.37. The van der Waals surface area contributed by atoms with E-state index >= 15 is 0 Å². The molecule has 0 aromatic heterocycles. The molecule has 0 atom stereocenters. The van der Waals surface area contributed by atoms with Crippen molar-refractivity contribution in [2.45, 2.75) is 38.8 Å². The molecule has 0 radical (unpaired) electrons. The van der Waals surface area contributed by atoms with Crippen molar-refractivity contribution in [3.8, 4) is 0 Å². The zero-order chi connectivity index (χ0) is 18.7. The quantitative estimate of drug-likeness (QED) is 0.836. The van der Waals surface area contributed by atoms with E-state index in [0.29, 0.717) is 5.56 Å². The minimum absolute atomic E-state index is 0.144. The molecule has 0 heterocycles. The number of carbonyl (C=O) groups is 1. The Morgan fingerprint density at radius 2 is 1.64 bits per heavy atom. The van der Waals surface area contributed by atoms with Gasteiger partial charge in [0.15, 0.2) is 0 Å². The van der Waals surface area contributed by atoms with Gasteiger partial charge in [-0.25, -0.2) is 0 Å². The Hall–Kier alpha value is -2.30. The minimum Gasteiger partial charge on any atom is -0.355 e. The first-order chi connectivity index (χ1) is 11.6. The molecule has 0 saturated carbocycles. The summed E-state index contributed by atoms with van der Waals surface area (Å²) in [4.78, 5) is 12.2. The second-order valence-corrected chi connectivity index (χ2v) is 6.84. The average Bonchev–Trinajstić information content (AvgIpc) is 2.55. The van der Waals surface area contributed by atoms with Gasteiger partial charge in [0.05, 0.1) is 12.0 Å². The summed E-state index contributed by atoms with van der Waals surface area (Å²) in [5, 5.41) is 2.84. The van der Waals surface area contributed by atoms with Gasteiger partial charge in [-0.1, -0.05) is 56.3 Å². The SMILES string of the molecule is Cc1ccccc1CC(=O)NCC(C)(C)c1cccc(C(F)(F)F)c1. The maximum atomic E-state index is 12.9. The molecule has 2 nitrogen and oxygen atoms in total. The predicted octanol–water partition coefficient (Wildman–Crippen LogP) is 4.65. The third-order valence-corrected chi connectivity index (χ3v) is 4.31. The fourth-order valence-electron chi connectivity index (χ4n) is 2.58. The van der Waals surface area contributed by atoms with Crippen molar-refractivity contribution < 1.29 is 18.0 Å². The Balaban J connectivity index is 2.04. The van der Waals surface area contributed by atoms with E-state index in [0.717, 1.165) is 23.3 Å². The van der Waals surface area contributed by atoms with Gasteiger partial charge in [0.1, 0.15) is 0 Å². The fraction of sp³-hybridized carbons (Fsp3) is 0.350. The van der Waals surface area contributed by atoms with Gasteiger partial charge in [0.2, 0.25) is 5.91 Å². The molecule has 1 N–H and O–H groups in total. The van der Waals surface area contributed by atoms with Crippen LogP contribution in [0.15, 0.2) is 48.5 Å². The molecule has 0 aliphatic heterocycles. The summed E-state index contributed by atoms with van der Waals surface area (Å²) in [5.41, 5.74) is 1.23. The van der Waals surface area contributed by atoms with Crippen LogP contribution >= 0.6 is 0 Å². The number of hydrogen-bond acceptors (Lipinski definition) is 1. The van der Waals surface area contributed by atoms with Gasteiger partial charge < -0.3 is 5.32 Å². The van der Waals surface area contributed by atoms with Crippen LogP contribution in [0.25, 0.3) is 0 Å². The molecule has 0 bridgehead atoms. The monoisotopic (exact) mass is 349 g/mol. The van der Waals surface area contributed by atoms with Crippen molar-refractivity contribution in [2.75, 3.05) is 6.54 Å². The fourth-order valence-corrected chi connectivity index (χ4v) is 2.58. The molecule has 0 aliphatic rings. The molecule has 0 unspecified atom stereocenters. The van der Waals surface area contributed by atoms with Crippen LogP contribution < -0.4 is 5.32 Å². The lowest BCUT2D eigenvalue weighted by Gasteiger charge is -2.26. The zero-order valence-corrected chi connectivity index (χ0v) is 14.6. The van der Waals surface area contributed by atoms with Crippen LogP contribution in [0.3, 0.4) is 0 Å². The summed E-state index contributed by atoms with van der Waals surface area (Å²) >= 11 is 0.